The number of imidazole rings is 2. The van der Waals surface area contributed by atoms with Gasteiger partial charge in [-0.3, -0.25) is 19.3 Å². The number of nitrogens with zero attached hydrogens (tertiary/aromatic N) is 6. The number of nitrogens with one attached hydrogen (secondary N) is 2. The Labute approximate surface area is 298 Å². The number of carboxylic acid groups (broad SMARTS) is 1. The molecule has 4 heterocycles. The number of carbonyl (C=O) groups is 3. The van der Waals surface area contributed by atoms with Crippen LogP contribution < -0.4 is 10.6 Å². The highest BCUT2D eigenvalue weighted by Gasteiger charge is 2.31. The molecule has 268 valence electrons. The molecule has 0 unspecified atom stereocenters. The van der Waals surface area contributed by atoms with Crippen LogP contribution in [-0.4, -0.2) is 78.5 Å². The first kappa shape index (κ1) is 34.6. The van der Waals surface area contributed by atoms with Gasteiger partial charge in [0.2, 0.25) is 0 Å². The van der Waals surface area contributed by atoms with E-state index in [2.05, 4.69) is 27.5 Å². The lowest BCUT2D eigenvalue weighted by molar-refractivity contribution is -0.143. The Hall–Kier alpha value is -4.81. The van der Waals surface area contributed by atoms with E-state index < -0.39 is 5.97 Å². The normalized spacial score (nSPS) is 19.3. The summed E-state index contributed by atoms with van der Waals surface area (Å²) in [7, 11) is 5.88. The maximum atomic E-state index is 13.7. The highest BCUT2D eigenvalue weighted by Crippen LogP contribution is 2.35. The quantitative estimate of drug-likeness (QED) is 0.230. The van der Waals surface area contributed by atoms with Crippen LogP contribution in [0.5, 0.6) is 0 Å². The Morgan fingerprint density at radius 2 is 1.25 bits per heavy atom. The van der Waals surface area contributed by atoms with Gasteiger partial charge in [-0.1, -0.05) is 24.3 Å². The largest absolute Gasteiger partial charge is 0.481 e. The number of hydrogen-bond donors (Lipinski definition) is 3. The van der Waals surface area contributed by atoms with Crippen LogP contribution in [0.2, 0.25) is 0 Å². The van der Waals surface area contributed by atoms with E-state index in [0.717, 1.165) is 110 Å². The van der Waals surface area contributed by atoms with Gasteiger partial charge >= 0.3 is 5.97 Å². The van der Waals surface area contributed by atoms with E-state index in [0.29, 0.717) is 35.5 Å². The van der Waals surface area contributed by atoms with Crippen LogP contribution in [0.25, 0.3) is 11.1 Å². The number of carboxylic acids is 1. The predicted octanol–water partition coefficient (Wildman–Crippen LogP) is 5.18. The van der Waals surface area contributed by atoms with Crippen LogP contribution in [0.1, 0.15) is 80.8 Å². The molecule has 0 spiro atoms. The number of fused-ring (bicyclic) bond motifs is 2. The Balaban J connectivity index is 1.04. The first-order valence-corrected chi connectivity index (χ1v) is 18.0. The molecule has 1 saturated carbocycles. The van der Waals surface area contributed by atoms with Crippen LogP contribution in [0, 0.1) is 25.7 Å². The third-order valence-corrected chi connectivity index (χ3v) is 11.4. The highest BCUT2D eigenvalue weighted by molar-refractivity contribution is 6.04. The van der Waals surface area contributed by atoms with E-state index in [1.165, 1.54) is 0 Å². The molecular weight excluding hydrogens is 644 g/mol. The van der Waals surface area contributed by atoms with Crippen LogP contribution in [0.3, 0.4) is 0 Å². The smallest absolute Gasteiger partial charge is 0.306 e. The summed E-state index contributed by atoms with van der Waals surface area (Å²) in [6.45, 7) is 8.19. The summed E-state index contributed by atoms with van der Waals surface area (Å²) in [4.78, 5) is 52.7. The van der Waals surface area contributed by atoms with Gasteiger partial charge in [0.05, 0.1) is 17.3 Å². The Kier molecular flexibility index (Phi) is 9.56. The summed E-state index contributed by atoms with van der Waals surface area (Å²) in [6, 6.07) is 11.7. The SMILES string of the molecule is Cc1c(NC(=O)c2nc3c(n2C)CCN(C)C3)cccc1-c1cccc(NC(=O)c2nc3c(n2C)CCN(CC2CCC(C(=O)O)CC2)C3)c1C. The number of carbonyl (C=O) groups excluding carboxylic acids is 2. The second-order valence-corrected chi connectivity index (χ2v) is 14.7. The first-order valence-electron chi connectivity index (χ1n) is 18.0. The van der Waals surface area contributed by atoms with Gasteiger partial charge in [-0.05, 0) is 86.9 Å². The fraction of sp³-hybridized carbons (Fsp3) is 0.462. The Bertz CT molecular complexity index is 2000. The van der Waals surface area contributed by atoms with E-state index in [9.17, 15) is 19.5 Å². The number of rotatable bonds is 8. The first-order chi connectivity index (χ1) is 24.5. The van der Waals surface area contributed by atoms with Gasteiger partial charge in [-0.2, -0.15) is 0 Å². The number of benzene rings is 2. The van der Waals surface area contributed by atoms with Crippen LogP contribution in [0.15, 0.2) is 36.4 Å². The van der Waals surface area contributed by atoms with Crippen molar-refractivity contribution >= 4 is 29.2 Å². The Morgan fingerprint density at radius 1 is 0.745 bits per heavy atom. The van der Waals surface area contributed by atoms with Crippen LogP contribution in [0.4, 0.5) is 11.4 Å². The van der Waals surface area contributed by atoms with Crippen molar-refractivity contribution in [2.45, 2.75) is 65.5 Å². The predicted molar refractivity (Wildman–Crippen MR) is 196 cm³/mol. The van der Waals surface area contributed by atoms with E-state index in [1.54, 1.807) is 0 Å². The Morgan fingerprint density at radius 3 is 1.78 bits per heavy atom. The summed E-state index contributed by atoms with van der Waals surface area (Å²) in [5.74, 6) is -0.0820. The minimum atomic E-state index is -0.671. The van der Waals surface area contributed by atoms with Gasteiger partial charge in [-0.15, -0.1) is 0 Å². The molecule has 2 aliphatic heterocycles. The summed E-state index contributed by atoms with van der Waals surface area (Å²) < 4.78 is 3.84. The molecule has 51 heavy (non-hydrogen) atoms. The highest BCUT2D eigenvalue weighted by atomic mass is 16.4. The third kappa shape index (κ3) is 6.82. The fourth-order valence-corrected chi connectivity index (χ4v) is 8.24. The molecule has 2 aromatic carbocycles. The molecule has 0 radical (unpaired) electrons. The molecule has 1 fully saturated rings. The van der Waals surface area contributed by atoms with E-state index >= 15 is 0 Å². The van der Waals surface area contributed by atoms with Gasteiger partial charge < -0.3 is 29.8 Å². The zero-order valence-electron chi connectivity index (χ0n) is 30.3. The van der Waals surface area contributed by atoms with Crippen molar-refractivity contribution in [1.82, 2.24) is 28.9 Å². The molecule has 4 aromatic rings. The van der Waals surface area contributed by atoms with Crippen molar-refractivity contribution in [1.29, 1.82) is 0 Å². The molecular formula is C39H48N8O4. The van der Waals surface area contributed by atoms with Crippen LogP contribution >= 0.6 is 0 Å². The van der Waals surface area contributed by atoms with Crippen molar-refractivity contribution < 1.29 is 19.5 Å². The fourth-order valence-electron chi connectivity index (χ4n) is 8.24. The average molecular weight is 693 g/mol. The summed E-state index contributed by atoms with van der Waals surface area (Å²) in [5.41, 5.74) is 9.27. The average Bonchev–Trinajstić information content (AvgIpc) is 3.62. The number of aromatic nitrogens is 4. The number of aliphatic carboxylic acids is 1. The minimum absolute atomic E-state index is 0.205. The summed E-state index contributed by atoms with van der Waals surface area (Å²) in [6.07, 6.45) is 5.07. The summed E-state index contributed by atoms with van der Waals surface area (Å²) >= 11 is 0. The monoisotopic (exact) mass is 692 g/mol. The third-order valence-electron chi connectivity index (χ3n) is 11.4. The topological polar surface area (TPSA) is 138 Å². The van der Waals surface area contributed by atoms with Gasteiger partial charge in [-0.25, -0.2) is 9.97 Å². The molecule has 2 aromatic heterocycles. The number of amides is 2. The van der Waals surface area contributed by atoms with Crippen molar-refractivity contribution in [3.63, 3.8) is 0 Å². The molecule has 3 N–H and O–H groups in total. The van der Waals surface area contributed by atoms with E-state index in [4.69, 9.17) is 9.97 Å². The number of anilines is 2. The lowest BCUT2D eigenvalue weighted by atomic mass is 9.81. The zero-order chi connectivity index (χ0) is 36.0. The lowest BCUT2D eigenvalue weighted by Crippen LogP contribution is -2.36. The lowest BCUT2D eigenvalue weighted by Gasteiger charge is -2.33. The van der Waals surface area contributed by atoms with Crippen molar-refractivity contribution in [3.8, 4) is 11.1 Å². The molecule has 0 bridgehead atoms. The molecule has 7 rings (SSSR count). The molecule has 12 heteroatoms. The number of likely N-dealkylation sites (N-methyl/N-ethyl adjacent to an activating group) is 1. The van der Waals surface area contributed by atoms with Crippen molar-refractivity contribution in [2.24, 2.45) is 25.9 Å². The standard InChI is InChI=1S/C39H48N8O4/c1-23-27(8-6-10-29(23)42-37(48)35-40-31-21-44(3)18-16-33(31)45(35)4)28-9-7-11-30(24(28)2)43-38(49)36-41-32-22-47(19-17-34(32)46(36)5)20-25-12-14-26(15-13-25)39(50)51/h6-11,25-26H,12-22H2,1-5H3,(H,42,48)(H,43,49)(H,50,51). The van der Waals surface area contributed by atoms with Gasteiger partial charge in [0.15, 0.2) is 11.6 Å². The molecule has 0 saturated heterocycles. The maximum Gasteiger partial charge on any atom is 0.306 e. The molecule has 2 amide bonds. The van der Waals surface area contributed by atoms with Gasteiger partial charge in [0.25, 0.3) is 11.8 Å². The minimum Gasteiger partial charge on any atom is -0.481 e. The van der Waals surface area contributed by atoms with Crippen molar-refractivity contribution in [3.05, 3.63) is 81.9 Å². The molecule has 3 aliphatic rings. The van der Waals surface area contributed by atoms with Crippen molar-refractivity contribution in [2.75, 3.05) is 37.3 Å². The van der Waals surface area contributed by atoms with Gasteiger partial charge in [0.1, 0.15) is 0 Å². The maximum absolute atomic E-state index is 13.7. The van der Waals surface area contributed by atoms with E-state index in [-0.39, 0.29) is 17.7 Å². The number of hydrogen-bond acceptors (Lipinski definition) is 7. The van der Waals surface area contributed by atoms with E-state index in [1.807, 2.05) is 73.5 Å². The molecule has 12 nitrogen and oxygen atoms in total. The van der Waals surface area contributed by atoms with Crippen LogP contribution in [-0.2, 0) is 44.8 Å². The second kappa shape index (κ2) is 14.1. The molecule has 1 aliphatic carbocycles. The second-order valence-electron chi connectivity index (χ2n) is 14.7. The zero-order valence-corrected chi connectivity index (χ0v) is 30.3. The summed E-state index contributed by atoms with van der Waals surface area (Å²) in [5, 5.41) is 15.6. The molecule has 0 atom stereocenters. The van der Waals surface area contributed by atoms with Gasteiger partial charge in [0, 0.05) is 82.4 Å².